The van der Waals surface area contributed by atoms with Gasteiger partial charge in [-0.1, -0.05) is 17.7 Å². The lowest BCUT2D eigenvalue weighted by Crippen LogP contribution is -2.12. The van der Waals surface area contributed by atoms with E-state index in [1.807, 2.05) is 0 Å². The number of carbonyl (C=O) groups is 1. The van der Waals surface area contributed by atoms with E-state index in [1.165, 1.54) is 20.3 Å². The molecule has 2 aromatic rings. The number of carbonyl (C=O) groups excluding carboxylic acids is 1. The van der Waals surface area contributed by atoms with Gasteiger partial charge in [-0.05, 0) is 24.3 Å². The van der Waals surface area contributed by atoms with Gasteiger partial charge in [-0.25, -0.2) is 0 Å². The van der Waals surface area contributed by atoms with E-state index >= 15 is 0 Å². The number of hydrogen-bond acceptors (Lipinski definition) is 4. The van der Waals surface area contributed by atoms with Crippen molar-refractivity contribution < 1.29 is 19.4 Å². The summed E-state index contributed by atoms with van der Waals surface area (Å²) in [7, 11) is 3.00. The van der Waals surface area contributed by atoms with Crippen molar-refractivity contribution >= 4 is 23.2 Å². The van der Waals surface area contributed by atoms with Gasteiger partial charge in [0, 0.05) is 11.6 Å². The fourth-order valence-corrected chi connectivity index (χ4v) is 1.92. The molecule has 0 saturated heterocycles. The van der Waals surface area contributed by atoms with E-state index in [2.05, 4.69) is 5.32 Å². The van der Waals surface area contributed by atoms with Gasteiger partial charge >= 0.3 is 0 Å². The normalized spacial score (nSPS) is 10.0. The SMILES string of the molecule is COc1cc(OC)cc(C(=O)Nc2cccc(Cl)c2O)c1. The quantitative estimate of drug-likeness (QED) is 0.850. The van der Waals surface area contributed by atoms with Crippen molar-refractivity contribution in [2.75, 3.05) is 19.5 Å². The second-order valence-electron chi connectivity index (χ2n) is 4.19. The number of ether oxygens (including phenoxy) is 2. The third-order valence-electron chi connectivity index (χ3n) is 2.85. The number of benzene rings is 2. The maximum Gasteiger partial charge on any atom is 0.256 e. The molecule has 0 aromatic heterocycles. The van der Waals surface area contributed by atoms with Crippen LogP contribution in [0.5, 0.6) is 17.2 Å². The molecule has 1 amide bonds. The van der Waals surface area contributed by atoms with Gasteiger partial charge in [0.25, 0.3) is 5.91 Å². The molecule has 5 nitrogen and oxygen atoms in total. The topological polar surface area (TPSA) is 67.8 Å². The van der Waals surface area contributed by atoms with Gasteiger partial charge in [0.2, 0.25) is 0 Å². The number of aromatic hydroxyl groups is 1. The first kappa shape index (κ1) is 15.0. The van der Waals surface area contributed by atoms with Crippen LogP contribution in [-0.4, -0.2) is 25.2 Å². The number of phenolic OH excluding ortho intramolecular Hbond substituents is 1. The number of para-hydroxylation sites is 1. The van der Waals surface area contributed by atoms with Crippen LogP contribution >= 0.6 is 11.6 Å². The lowest BCUT2D eigenvalue weighted by molar-refractivity contribution is 0.102. The molecule has 0 aliphatic heterocycles. The van der Waals surface area contributed by atoms with Crippen LogP contribution in [0.4, 0.5) is 5.69 Å². The number of nitrogens with one attached hydrogen (secondary N) is 1. The minimum Gasteiger partial charge on any atom is -0.504 e. The summed E-state index contributed by atoms with van der Waals surface area (Å²) in [5.41, 5.74) is 0.569. The van der Waals surface area contributed by atoms with Gasteiger partial charge in [-0.2, -0.15) is 0 Å². The summed E-state index contributed by atoms with van der Waals surface area (Å²) in [5, 5.41) is 12.5. The molecule has 0 atom stereocenters. The molecule has 0 aliphatic rings. The van der Waals surface area contributed by atoms with Crippen LogP contribution < -0.4 is 14.8 Å². The minimum atomic E-state index is -0.412. The highest BCUT2D eigenvalue weighted by molar-refractivity contribution is 6.32. The second kappa shape index (κ2) is 6.37. The Morgan fingerprint density at radius 1 is 1.14 bits per heavy atom. The van der Waals surface area contributed by atoms with Crippen molar-refractivity contribution in [3.8, 4) is 17.2 Å². The molecule has 0 saturated carbocycles. The molecule has 21 heavy (non-hydrogen) atoms. The van der Waals surface area contributed by atoms with Crippen LogP contribution in [0.1, 0.15) is 10.4 Å². The molecule has 110 valence electrons. The predicted octanol–water partition coefficient (Wildman–Crippen LogP) is 3.32. The van der Waals surface area contributed by atoms with Crippen molar-refractivity contribution in [2.24, 2.45) is 0 Å². The molecule has 0 spiro atoms. The first-order valence-corrected chi connectivity index (χ1v) is 6.45. The number of rotatable bonds is 4. The molecule has 0 fully saturated rings. The Hall–Kier alpha value is -2.40. The summed E-state index contributed by atoms with van der Waals surface area (Å²) in [6.45, 7) is 0. The predicted molar refractivity (Wildman–Crippen MR) is 80.6 cm³/mol. The minimum absolute atomic E-state index is 0.163. The zero-order valence-corrected chi connectivity index (χ0v) is 12.3. The zero-order valence-electron chi connectivity index (χ0n) is 11.5. The summed E-state index contributed by atoms with van der Waals surface area (Å²) in [5.74, 6) is 0.400. The van der Waals surface area contributed by atoms with Gasteiger partial charge in [0.1, 0.15) is 11.5 Å². The number of amides is 1. The Morgan fingerprint density at radius 3 is 2.33 bits per heavy atom. The molecule has 0 heterocycles. The van der Waals surface area contributed by atoms with E-state index in [4.69, 9.17) is 21.1 Å². The van der Waals surface area contributed by atoms with Gasteiger partial charge in [-0.3, -0.25) is 4.79 Å². The Balaban J connectivity index is 2.30. The summed E-state index contributed by atoms with van der Waals surface area (Å²) < 4.78 is 10.2. The summed E-state index contributed by atoms with van der Waals surface area (Å²) in [4.78, 5) is 12.2. The van der Waals surface area contributed by atoms with Crippen molar-refractivity contribution in [3.05, 3.63) is 47.0 Å². The van der Waals surface area contributed by atoms with E-state index in [-0.39, 0.29) is 16.5 Å². The highest BCUT2D eigenvalue weighted by Gasteiger charge is 2.13. The monoisotopic (exact) mass is 307 g/mol. The van der Waals surface area contributed by atoms with Gasteiger partial charge in [0.05, 0.1) is 24.9 Å². The van der Waals surface area contributed by atoms with Crippen molar-refractivity contribution in [3.63, 3.8) is 0 Å². The van der Waals surface area contributed by atoms with E-state index < -0.39 is 5.91 Å². The maximum atomic E-state index is 12.2. The molecular weight excluding hydrogens is 294 g/mol. The third-order valence-corrected chi connectivity index (χ3v) is 3.15. The molecule has 2 N–H and O–H groups in total. The van der Waals surface area contributed by atoms with E-state index in [0.717, 1.165) is 0 Å². The van der Waals surface area contributed by atoms with Crippen LogP contribution in [0.3, 0.4) is 0 Å². The van der Waals surface area contributed by atoms with E-state index in [1.54, 1.807) is 30.3 Å². The number of anilines is 1. The fraction of sp³-hybridized carbons (Fsp3) is 0.133. The number of phenols is 1. The molecule has 2 rings (SSSR count). The van der Waals surface area contributed by atoms with Crippen LogP contribution in [-0.2, 0) is 0 Å². The molecular formula is C15H14ClNO4. The van der Waals surface area contributed by atoms with Crippen LogP contribution in [0.2, 0.25) is 5.02 Å². The molecule has 6 heteroatoms. The average molecular weight is 308 g/mol. The highest BCUT2D eigenvalue weighted by atomic mass is 35.5. The zero-order chi connectivity index (χ0) is 15.4. The van der Waals surface area contributed by atoms with Crippen molar-refractivity contribution in [2.45, 2.75) is 0 Å². The smallest absolute Gasteiger partial charge is 0.256 e. The Morgan fingerprint density at radius 2 is 1.76 bits per heavy atom. The van der Waals surface area contributed by atoms with Crippen LogP contribution in [0.25, 0.3) is 0 Å². The molecule has 0 aliphatic carbocycles. The Bertz CT molecular complexity index is 650. The van der Waals surface area contributed by atoms with Gasteiger partial charge < -0.3 is 19.9 Å². The summed E-state index contributed by atoms with van der Waals surface area (Å²) in [6, 6.07) is 9.51. The fourth-order valence-electron chi connectivity index (χ4n) is 1.75. The first-order chi connectivity index (χ1) is 10.0. The highest BCUT2D eigenvalue weighted by Crippen LogP contribution is 2.32. The molecule has 0 unspecified atom stereocenters. The summed E-state index contributed by atoms with van der Waals surface area (Å²) in [6.07, 6.45) is 0. The van der Waals surface area contributed by atoms with Gasteiger partial charge in [-0.15, -0.1) is 0 Å². The lowest BCUT2D eigenvalue weighted by Gasteiger charge is -2.10. The summed E-state index contributed by atoms with van der Waals surface area (Å²) >= 11 is 5.80. The number of hydrogen-bond donors (Lipinski definition) is 2. The molecule has 0 bridgehead atoms. The second-order valence-corrected chi connectivity index (χ2v) is 4.60. The average Bonchev–Trinajstić information content (AvgIpc) is 2.51. The molecule has 0 radical (unpaired) electrons. The van der Waals surface area contributed by atoms with Gasteiger partial charge in [0.15, 0.2) is 5.75 Å². The lowest BCUT2D eigenvalue weighted by atomic mass is 10.1. The van der Waals surface area contributed by atoms with Crippen molar-refractivity contribution in [1.29, 1.82) is 0 Å². The number of halogens is 1. The van der Waals surface area contributed by atoms with Crippen molar-refractivity contribution in [1.82, 2.24) is 0 Å². The Kier molecular flexibility index (Phi) is 4.55. The first-order valence-electron chi connectivity index (χ1n) is 6.07. The largest absolute Gasteiger partial charge is 0.504 e. The van der Waals surface area contributed by atoms with E-state index in [0.29, 0.717) is 17.1 Å². The number of methoxy groups -OCH3 is 2. The van der Waals surface area contributed by atoms with Crippen LogP contribution in [0.15, 0.2) is 36.4 Å². The standard InChI is InChI=1S/C15H14ClNO4/c1-20-10-6-9(7-11(8-10)21-2)15(19)17-13-5-3-4-12(16)14(13)18/h3-8,18H,1-2H3,(H,17,19). The Labute approximate surface area is 127 Å². The van der Waals surface area contributed by atoms with Crippen LogP contribution in [0, 0.1) is 0 Å². The van der Waals surface area contributed by atoms with E-state index in [9.17, 15) is 9.90 Å². The third kappa shape index (κ3) is 3.38. The maximum absolute atomic E-state index is 12.2. The molecule has 2 aromatic carbocycles.